The average molecular weight is 190 g/mol. The molecule has 1 heteroatoms. The fraction of sp³-hybridized carbons (Fsp3) is 0.333. The lowest BCUT2D eigenvalue weighted by atomic mass is 10.2. The molecule has 13 heavy (non-hydrogen) atoms. The molecule has 0 N–H and O–H groups in total. The van der Waals surface area contributed by atoms with Gasteiger partial charge in [0.15, 0.2) is 0 Å². The summed E-state index contributed by atoms with van der Waals surface area (Å²) in [6.07, 6.45) is 7.32. The van der Waals surface area contributed by atoms with Crippen molar-refractivity contribution in [2.24, 2.45) is 0 Å². The highest BCUT2D eigenvalue weighted by Crippen LogP contribution is 2.27. The van der Waals surface area contributed by atoms with Crippen LogP contribution in [0.5, 0.6) is 0 Å². The normalized spacial score (nSPS) is 22.6. The Balaban J connectivity index is 1.97. The number of hydrogen-bond donors (Lipinski definition) is 0. The van der Waals surface area contributed by atoms with Crippen molar-refractivity contribution in [3.8, 4) is 0 Å². The van der Waals surface area contributed by atoms with Gasteiger partial charge in [-0.2, -0.15) is 11.8 Å². The van der Waals surface area contributed by atoms with Gasteiger partial charge in [0.1, 0.15) is 0 Å². The molecule has 1 unspecified atom stereocenters. The Morgan fingerprint density at radius 1 is 1.23 bits per heavy atom. The second-order valence-electron chi connectivity index (χ2n) is 3.32. The third-order valence-corrected chi connectivity index (χ3v) is 3.61. The van der Waals surface area contributed by atoms with Crippen molar-refractivity contribution >= 4 is 17.8 Å². The number of hydrogen-bond acceptors (Lipinski definition) is 1. The van der Waals surface area contributed by atoms with Crippen molar-refractivity contribution in [1.29, 1.82) is 0 Å². The van der Waals surface area contributed by atoms with Crippen molar-refractivity contribution in [3.05, 3.63) is 42.0 Å². The van der Waals surface area contributed by atoms with Crippen molar-refractivity contribution in [3.63, 3.8) is 0 Å². The van der Waals surface area contributed by atoms with E-state index in [0.29, 0.717) is 0 Å². The van der Waals surface area contributed by atoms with E-state index in [1.54, 1.807) is 0 Å². The molecule has 1 heterocycles. The van der Waals surface area contributed by atoms with Crippen molar-refractivity contribution in [2.45, 2.75) is 18.1 Å². The molecule has 0 radical (unpaired) electrons. The predicted molar refractivity (Wildman–Crippen MR) is 61.0 cm³/mol. The van der Waals surface area contributed by atoms with Gasteiger partial charge in [-0.15, -0.1) is 0 Å². The number of rotatable bonds is 2. The van der Waals surface area contributed by atoms with E-state index in [9.17, 15) is 0 Å². The van der Waals surface area contributed by atoms with Gasteiger partial charge in [-0.25, -0.2) is 0 Å². The van der Waals surface area contributed by atoms with Gasteiger partial charge in [0.25, 0.3) is 0 Å². The summed E-state index contributed by atoms with van der Waals surface area (Å²) in [4.78, 5) is 0. The summed E-state index contributed by atoms with van der Waals surface area (Å²) < 4.78 is 0. The maximum atomic E-state index is 2.34. The maximum Gasteiger partial charge on any atom is 0.0230 e. The summed E-state index contributed by atoms with van der Waals surface area (Å²) in [6, 6.07) is 10.5. The van der Waals surface area contributed by atoms with Gasteiger partial charge in [0, 0.05) is 5.25 Å². The third kappa shape index (κ3) is 2.63. The van der Waals surface area contributed by atoms with Gasteiger partial charge >= 0.3 is 0 Å². The predicted octanol–water partition coefficient (Wildman–Crippen LogP) is 3.60. The van der Waals surface area contributed by atoms with E-state index < -0.39 is 0 Å². The van der Waals surface area contributed by atoms with Gasteiger partial charge in [-0.1, -0.05) is 42.5 Å². The summed E-state index contributed by atoms with van der Waals surface area (Å²) in [7, 11) is 0. The number of thioether (sulfide) groups is 1. The first kappa shape index (κ1) is 8.89. The van der Waals surface area contributed by atoms with Gasteiger partial charge in [0.2, 0.25) is 0 Å². The maximum absolute atomic E-state index is 2.34. The molecule has 0 amide bonds. The molecule has 1 aliphatic rings. The van der Waals surface area contributed by atoms with Crippen LogP contribution in [0.2, 0.25) is 0 Å². The highest BCUT2D eigenvalue weighted by molar-refractivity contribution is 8.00. The van der Waals surface area contributed by atoms with E-state index in [-0.39, 0.29) is 0 Å². The van der Waals surface area contributed by atoms with Crippen LogP contribution in [0.3, 0.4) is 0 Å². The smallest absolute Gasteiger partial charge is 0.0230 e. The second kappa shape index (κ2) is 4.52. The molecule has 1 aromatic rings. The van der Waals surface area contributed by atoms with Crippen molar-refractivity contribution in [1.82, 2.24) is 0 Å². The fourth-order valence-corrected chi connectivity index (χ4v) is 2.70. The molecule has 0 nitrogen and oxygen atoms in total. The lowest BCUT2D eigenvalue weighted by Gasteiger charge is -1.99. The summed E-state index contributed by atoms with van der Waals surface area (Å²) in [6.45, 7) is 0. The molecule has 1 atom stereocenters. The molecule has 0 bridgehead atoms. The Morgan fingerprint density at radius 3 is 2.77 bits per heavy atom. The Morgan fingerprint density at radius 2 is 2.08 bits per heavy atom. The second-order valence-corrected chi connectivity index (χ2v) is 4.67. The zero-order valence-electron chi connectivity index (χ0n) is 7.65. The molecule has 0 spiro atoms. The minimum atomic E-state index is 0.764. The first-order valence-electron chi connectivity index (χ1n) is 4.80. The van der Waals surface area contributed by atoms with E-state index in [2.05, 4.69) is 54.2 Å². The van der Waals surface area contributed by atoms with Crippen LogP contribution in [-0.2, 0) is 0 Å². The van der Waals surface area contributed by atoms with E-state index in [4.69, 9.17) is 0 Å². The monoisotopic (exact) mass is 190 g/mol. The van der Waals surface area contributed by atoms with Crippen molar-refractivity contribution in [2.75, 3.05) is 5.75 Å². The summed E-state index contributed by atoms with van der Waals surface area (Å²) in [5.74, 6) is 1.34. The minimum absolute atomic E-state index is 0.764. The van der Waals surface area contributed by atoms with Crippen LogP contribution in [-0.4, -0.2) is 11.0 Å². The first-order valence-corrected chi connectivity index (χ1v) is 5.85. The van der Waals surface area contributed by atoms with E-state index in [1.165, 1.54) is 24.2 Å². The molecule has 2 rings (SSSR count). The lowest BCUT2D eigenvalue weighted by Crippen LogP contribution is -1.87. The molecule has 1 fully saturated rings. The van der Waals surface area contributed by atoms with Gasteiger partial charge in [-0.3, -0.25) is 0 Å². The summed E-state index contributed by atoms with van der Waals surface area (Å²) in [5, 5.41) is 0.764. The Kier molecular flexibility index (Phi) is 3.09. The van der Waals surface area contributed by atoms with E-state index in [0.717, 1.165) is 5.25 Å². The first-order chi connectivity index (χ1) is 6.45. The Hall–Kier alpha value is -0.690. The summed E-state index contributed by atoms with van der Waals surface area (Å²) in [5.41, 5.74) is 1.31. The summed E-state index contributed by atoms with van der Waals surface area (Å²) >= 11 is 2.07. The van der Waals surface area contributed by atoms with Crippen LogP contribution in [0.25, 0.3) is 6.08 Å². The van der Waals surface area contributed by atoms with Gasteiger partial charge < -0.3 is 0 Å². The third-order valence-electron chi connectivity index (χ3n) is 2.27. The van der Waals surface area contributed by atoms with Crippen LogP contribution in [0.4, 0.5) is 0 Å². The highest BCUT2D eigenvalue weighted by Gasteiger charge is 2.11. The molecule has 0 aromatic heterocycles. The van der Waals surface area contributed by atoms with Crippen LogP contribution in [0, 0.1) is 0 Å². The average Bonchev–Trinajstić information content (AvgIpc) is 2.69. The molecule has 0 aliphatic carbocycles. The van der Waals surface area contributed by atoms with Gasteiger partial charge in [-0.05, 0) is 24.2 Å². The topological polar surface area (TPSA) is 0 Å². The quantitative estimate of drug-likeness (QED) is 0.686. The van der Waals surface area contributed by atoms with Crippen LogP contribution >= 0.6 is 11.8 Å². The molecular weight excluding hydrogens is 176 g/mol. The highest BCUT2D eigenvalue weighted by atomic mass is 32.2. The molecule has 1 saturated heterocycles. The SMILES string of the molecule is C(=CC1CCCS1)c1ccccc1. The Labute approximate surface area is 84.0 Å². The van der Waals surface area contributed by atoms with Gasteiger partial charge in [0.05, 0.1) is 0 Å². The fourth-order valence-electron chi connectivity index (χ4n) is 1.54. The zero-order chi connectivity index (χ0) is 8.93. The zero-order valence-corrected chi connectivity index (χ0v) is 8.46. The van der Waals surface area contributed by atoms with Crippen LogP contribution < -0.4 is 0 Å². The molecule has 0 saturated carbocycles. The largest absolute Gasteiger partial charge is 0.154 e. The Bertz CT molecular complexity index is 270. The minimum Gasteiger partial charge on any atom is -0.154 e. The van der Waals surface area contributed by atoms with Crippen LogP contribution in [0.15, 0.2) is 36.4 Å². The van der Waals surface area contributed by atoms with E-state index >= 15 is 0 Å². The molecule has 68 valence electrons. The molecule has 1 aliphatic heterocycles. The van der Waals surface area contributed by atoms with Crippen LogP contribution in [0.1, 0.15) is 18.4 Å². The lowest BCUT2D eigenvalue weighted by molar-refractivity contribution is 0.883. The molecule has 1 aromatic carbocycles. The van der Waals surface area contributed by atoms with E-state index in [1.807, 2.05) is 0 Å². The van der Waals surface area contributed by atoms with Crippen molar-refractivity contribution < 1.29 is 0 Å². The molecular formula is C12H14S. The number of benzene rings is 1. The standard InChI is InChI=1S/C12H14S/c1-2-5-11(6-3-1)8-9-12-7-4-10-13-12/h1-3,5-6,8-9,12H,4,7,10H2.